The van der Waals surface area contributed by atoms with Gasteiger partial charge in [-0.15, -0.1) is 0 Å². The van der Waals surface area contributed by atoms with E-state index in [0.717, 1.165) is 13.0 Å². The molecule has 1 heterocycles. The predicted octanol–water partition coefficient (Wildman–Crippen LogP) is 3.62. The van der Waals surface area contributed by atoms with Crippen molar-refractivity contribution in [2.45, 2.75) is 71.1 Å². The van der Waals surface area contributed by atoms with E-state index in [9.17, 15) is 4.79 Å². The Balaban J connectivity index is 1.86. The van der Waals surface area contributed by atoms with E-state index in [4.69, 9.17) is 12.2 Å². The fourth-order valence-electron chi connectivity index (χ4n) is 2.44. The monoisotopic (exact) mass is 284 g/mol. The maximum Gasteiger partial charge on any atom is 0.248 e. The number of thiocarbonyl (C=S) groups is 1. The molecule has 4 heteroatoms. The lowest BCUT2D eigenvalue weighted by molar-refractivity contribution is -0.124. The second-order valence-corrected chi connectivity index (χ2v) is 5.77. The molecule has 1 amide bonds. The largest absolute Gasteiger partial charge is 0.353 e. The van der Waals surface area contributed by atoms with Crippen LogP contribution in [0.4, 0.5) is 0 Å². The fraction of sp³-hybridized carbons (Fsp3) is 0.867. The topological polar surface area (TPSA) is 32.3 Å². The number of amides is 1. The lowest BCUT2D eigenvalue weighted by Crippen LogP contribution is -2.31. The molecular formula is C15H28N2OS. The average molecular weight is 284 g/mol. The SMILES string of the molecule is CCCCCCCCCCCCN1C(=O)CNC1=S. The van der Waals surface area contributed by atoms with Gasteiger partial charge in [0.2, 0.25) is 5.91 Å². The van der Waals surface area contributed by atoms with E-state index >= 15 is 0 Å². The summed E-state index contributed by atoms with van der Waals surface area (Å²) >= 11 is 5.08. The molecule has 1 N–H and O–H groups in total. The second kappa shape index (κ2) is 10.2. The van der Waals surface area contributed by atoms with Gasteiger partial charge in [-0.25, -0.2) is 0 Å². The van der Waals surface area contributed by atoms with E-state index in [-0.39, 0.29) is 5.91 Å². The zero-order chi connectivity index (χ0) is 13.9. The third-order valence-corrected chi connectivity index (χ3v) is 4.04. The second-order valence-electron chi connectivity index (χ2n) is 5.39. The number of nitrogens with one attached hydrogen (secondary N) is 1. The Morgan fingerprint density at radius 2 is 1.53 bits per heavy atom. The summed E-state index contributed by atoms with van der Waals surface area (Å²) < 4.78 is 0. The molecule has 0 spiro atoms. The molecule has 3 nitrogen and oxygen atoms in total. The highest BCUT2D eigenvalue weighted by molar-refractivity contribution is 7.80. The Hall–Kier alpha value is -0.640. The van der Waals surface area contributed by atoms with Crippen LogP contribution in [-0.2, 0) is 4.79 Å². The summed E-state index contributed by atoms with van der Waals surface area (Å²) in [5, 5.41) is 3.52. The van der Waals surface area contributed by atoms with Gasteiger partial charge in [-0.3, -0.25) is 9.69 Å². The third-order valence-electron chi connectivity index (χ3n) is 3.67. The van der Waals surface area contributed by atoms with Crippen LogP contribution in [0.15, 0.2) is 0 Å². The number of unbranched alkanes of at least 4 members (excludes halogenated alkanes) is 9. The molecule has 19 heavy (non-hydrogen) atoms. The molecule has 0 aliphatic carbocycles. The van der Waals surface area contributed by atoms with Crippen LogP contribution < -0.4 is 5.32 Å². The maximum atomic E-state index is 11.5. The molecule has 0 radical (unpaired) electrons. The van der Waals surface area contributed by atoms with Crippen molar-refractivity contribution in [1.82, 2.24) is 10.2 Å². The van der Waals surface area contributed by atoms with Gasteiger partial charge in [0.25, 0.3) is 0 Å². The lowest BCUT2D eigenvalue weighted by atomic mass is 10.1. The molecule has 0 bridgehead atoms. The number of hydrogen-bond acceptors (Lipinski definition) is 2. The van der Waals surface area contributed by atoms with E-state index in [0.29, 0.717) is 11.7 Å². The molecule has 1 aliphatic heterocycles. The minimum absolute atomic E-state index is 0.126. The highest BCUT2D eigenvalue weighted by Gasteiger charge is 2.23. The van der Waals surface area contributed by atoms with E-state index < -0.39 is 0 Å². The van der Waals surface area contributed by atoms with Gasteiger partial charge in [-0.1, -0.05) is 64.7 Å². The minimum atomic E-state index is 0.126. The van der Waals surface area contributed by atoms with Gasteiger partial charge in [0.05, 0.1) is 6.54 Å². The quantitative estimate of drug-likeness (QED) is 0.464. The summed E-state index contributed by atoms with van der Waals surface area (Å²) in [5.74, 6) is 0.126. The third kappa shape index (κ3) is 6.90. The van der Waals surface area contributed by atoms with E-state index in [2.05, 4.69) is 12.2 Å². The first kappa shape index (κ1) is 16.4. The van der Waals surface area contributed by atoms with Crippen LogP contribution in [-0.4, -0.2) is 29.0 Å². The summed E-state index contributed by atoms with van der Waals surface area (Å²) in [6, 6.07) is 0. The maximum absolute atomic E-state index is 11.5. The van der Waals surface area contributed by atoms with Crippen molar-refractivity contribution in [3.05, 3.63) is 0 Å². The summed E-state index contributed by atoms with van der Waals surface area (Å²) in [7, 11) is 0. The number of carbonyl (C=O) groups is 1. The number of nitrogens with zero attached hydrogens (tertiary/aromatic N) is 1. The van der Waals surface area contributed by atoms with Gasteiger partial charge in [-0.05, 0) is 18.6 Å². The first-order chi connectivity index (χ1) is 9.25. The first-order valence-electron chi connectivity index (χ1n) is 7.84. The fourth-order valence-corrected chi connectivity index (χ4v) is 2.70. The molecule has 110 valence electrons. The molecular weight excluding hydrogens is 256 g/mol. The van der Waals surface area contributed by atoms with Crippen LogP contribution in [0.3, 0.4) is 0 Å². The Morgan fingerprint density at radius 1 is 1.00 bits per heavy atom. The molecule has 1 fully saturated rings. The van der Waals surface area contributed by atoms with E-state index in [1.165, 1.54) is 57.8 Å². The Bertz CT molecular complexity index is 265. The number of carbonyl (C=O) groups excluding carboxylic acids is 1. The summed E-state index contributed by atoms with van der Waals surface area (Å²) in [5.41, 5.74) is 0. The predicted molar refractivity (Wildman–Crippen MR) is 84.2 cm³/mol. The zero-order valence-corrected chi connectivity index (χ0v) is 13.1. The van der Waals surface area contributed by atoms with Crippen molar-refractivity contribution in [2.24, 2.45) is 0 Å². The molecule has 0 aromatic heterocycles. The summed E-state index contributed by atoms with van der Waals surface area (Å²) in [6.07, 6.45) is 13.2. The lowest BCUT2D eigenvalue weighted by Gasteiger charge is -2.13. The molecule has 0 aromatic rings. The van der Waals surface area contributed by atoms with Gasteiger partial charge in [-0.2, -0.15) is 0 Å². The van der Waals surface area contributed by atoms with Crippen LogP contribution >= 0.6 is 12.2 Å². The molecule has 1 saturated heterocycles. The highest BCUT2D eigenvalue weighted by Crippen LogP contribution is 2.11. The summed E-state index contributed by atoms with van der Waals surface area (Å²) in [4.78, 5) is 13.2. The van der Waals surface area contributed by atoms with Gasteiger partial charge < -0.3 is 5.32 Å². The van der Waals surface area contributed by atoms with Crippen molar-refractivity contribution < 1.29 is 4.79 Å². The molecule has 0 unspecified atom stereocenters. The molecule has 0 saturated carbocycles. The highest BCUT2D eigenvalue weighted by atomic mass is 32.1. The van der Waals surface area contributed by atoms with E-state index in [1.807, 2.05) is 0 Å². The van der Waals surface area contributed by atoms with Gasteiger partial charge in [0.1, 0.15) is 0 Å². The van der Waals surface area contributed by atoms with Crippen LogP contribution in [0.1, 0.15) is 71.1 Å². The Labute approximate surface area is 123 Å². The molecule has 0 aromatic carbocycles. The van der Waals surface area contributed by atoms with Gasteiger partial charge in [0.15, 0.2) is 5.11 Å². The first-order valence-corrected chi connectivity index (χ1v) is 8.24. The van der Waals surface area contributed by atoms with Crippen molar-refractivity contribution in [3.8, 4) is 0 Å². The molecule has 1 aliphatic rings. The van der Waals surface area contributed by atoms with Crippen LogP contribution in [0.25, 0.3) is 0 Å². The normalized spacial score (nSPS) is 15.1. The smallest absolute Gasteiger partial charge is 0.248 e. The van der Waals surface area contributed by atoms with Crippen LogP contribution in [0.5, 0.6) is 0 Å². The minimum Gasteiger partial charge on any atom is -0.353 e. The number of hydrogen-bond donors (Lipinski definition) is 1. The zero-order valence-electron chi connectivity index (χ0n) is 12.2. The van der Waals surface area contributed by atoms with Crippen LogP contribution in [0.2, 0.25) is 0 Å². The number of rotatable bonds is 11. The van der Waals surface area contributed by atoms with Gasteiger partial charge >= 0.3 is 0 Å². The summed E-state index contributed by atoms with van der Waals surface area (Å²) in [6.45, 7) is 3.43. The molecule has 1 rings (SSSR count). The Kier molecular flexibility index (Phi) is 8.80. The van der Waals surface area contributed by atoms with Crippen molar-refractivity contribution in [2.75, 3.05) is 13.1 Å². The van der Waals surface area contributed by atoms with E-state index in [1.54, 1.807) is 4.90 Å². The van der Waals surface area contributed by atoms with Gasteiger partial charge in [0, 0.05) is 6.54 Å². The van der Waals surface area contributed by atoms with Crippen molar-refractivity contribution >= 4 is 23.2 Å². The Morgan fingerprint density at radius 3 is 2.00 bits per heavy atom. The molecule has 0 atom stereocenters. The average Bonchev–Trinajstić information content (AvgIpc) is 2.72. The van der Waals surface area contributed by atoms with Crippen molar-refractivity contribution in [1.29, 1.82) is 0 Å². The standard InChI is InChI=1S/C15H28N2OS/c1-2-3-4-5-6-7-8-9-10-11-12-17-14(18)13-16-15(17)19/h2-13H2,1H3,(H,16,19). The van der Waals surface area contributed by atoms with Crippen LogP contribution in [0, 0.1) is 0 Å². The van der Waals surface area contributed by atoms with Crippen molar-refractivity contribution in [3.63, 3.8) is 0 Å².